The molecule has 0 fully saturated rings. The van der Waals surface area contributed by atoms with Crippen LogP contribution in [0.15, 0.2) is 48.5 Å². The van der Waals surface area contributed by atoms with Crippen LogP contribution < -0.4 is 18.9 Å². The number of methoxy groups -OCH3 is 3. The summed E-state index contributed by atoms with van der Waals surface area (Å²) in [6, 6.07) is 13.2. The molecule has 8 heteroatoms. The lowest BCUT2D eigenvalue weighted by Crippen LogP contribution is -2.11. The van der Waals surface area contributed by atoms with Crippen molar-refractivity contribution in [2.24, 2.45) is 0 Å². The molecular formula is C20H17ClN2O5. The first-order chi connectivity index (χ1) is 13.5. The number of carbonyl (C=O) groups is 1. The minimum Gasteiger partial charge on any atom is -0.497 e. The summed E-state index contributed by atoms with van der Waals surface area (Å²) in [7, 11) is 4.59. The molecule has 2 aromatic carbocycles. The smallest absolute Gasteiger partial charge is 0.348 e. The van der Waals surface area contributed by atoms with Crippen molar-refractivity contribution in [1.29, 1.82) is 0 Å². The Labute approximate surface area is 166 Å². The maximum absolute atomic E-state index is 12.4. The number of nitrogens with zero attached hydrogens (tertiary/aromatic N) is 2. The Hall–Kier alpha value is -3.32. The number of hydrogen-bond acceptors (Lipinski definition) is 7. The summed E-state index contributed by atoms with van der Waals surface area (Å²) in [6.45, 7) is 0. The van der Waals surface area contributed by atoms with Crippen LogP contribution in [0.25, 0.3) is 11.3 Å². The van der Waals surface area contributed by atoms with E-state index >= 15 is 0 Å². The van der Waals surface area contributed by atoms with E-state index in [9.17, 15) is 4.79 Å². The van der Waals surface area contributed by atoms with Gasteiger partial charge >= 0.3 is 5.97 Å². The van der Waals surface area contributed by atoms with E-state index in [1.807, 2.05) is 0 Å². The quantitative estimate of drug-likeness (QED) is 0.577. The van der Waals surface area contributed by atoms with Gasteiger partial charge in [-0.2, -0.15) is 0 Å². The molecule has 0 saturated heterocycles. The standard InChI is InChI=1S/C20H17ClN2O5/c1-25-13-5-8-17(26-2)14(11-13)16-6-9-19(23-22-16)28-20(24)15-10-12(21)4-7-18(15)27-3/h4-11H,1-3H3. The highest BCUT2D eigenvalue weighted by molar-refractivity contribution is 6.31. The van der Waals surface area contributed by atoms with Crippen LogP contribution in [-0.4, -0.2) is 37.5 Å². The Morgan fingerprint density at radius 3 is 2.25 bits per heavy atom. The number of rotatable bonds is 6. The van der Waals surface area contributed by atoms with Crippen LogP contribution in [0.5, 0.6) is 23.1 Å². The average molecular weight is 401 g/mol. The van der Waals surface area contributed by atoms with Gasteiger partial charge in [0, 0.05) is 16.7 Å². The van der Waals surface area contributed by atoms with Crippen molar-refractivity contribution in [3.63, 3.8) is 0 Å². The van der Waals surface area contributed by atoms with Gasteiger partial charge in [0.15, 0.2) is 0 Å². The molecule has 0 bridgehead atoms. The van der Waals surface area contributed by atoms with Crippen LogP contribution in [0.1, 0.15) is 10.4 Å². The minimum atomic E-state index is -0.652. The van der Waals surface area contributed by atoms with Crippen LogP contribution in [0, 0.1) is 0 Å². The Kier molecular flexibility index (Phi) is 5.96. The summed E-state index contributed by atoms with van der Waals surface area (Å²) in [6.07, 6.45) is 0. The number of esters is 1. The number of benzene rings is 2. The SMILES string of the molecule is COc1ccc(OC)c(-c2ccc(OC(=O)c3cc(Cl)ccc3OC)nn2)c1. The molecule has 0 aliphatic rings. The Balaban J connectivity index is 1.84. The first-order valence-corrected chi connectivity index (χ1v) is 8.55. The van der Waals surface area contributed by atoms with E-state index < -0.39 is 5.97 Å². The van der Waals surface area contributed by atoms with Crippen LogP contribution in [0.4, 0.5) is 0 Å². The molecule has 0 amide bonds. The molecular weight excluding hydrogens is 384 g/mol. The fraction of sp³-hybridized carbons (Fsp3) is 0.150. The maximum atomic E-state index is 12.4. The average Bonchev–Trinajstić information content (AvgIpc) is 2.73. The molecule has 1 heterocycles. The van der Waals surface area contributed by atoms with Crippen LogP contribution >= 0.6 is 11.6 Å². The molecule has 0 N–H and O–H groups in total. The topological polar surface area (TPSA) is 79.8 Å². The highest BCUT2D eigenvalue weighted by Crippen LogP contribution is 2.32. The largest absolute Gasteiger partial charge is 0.497 e. The van der Waals surface area contributed by atoms with E-state index in [4.69, 9.17) is 30.5 Å². The molecule has 1 aromatic heterocycles. The zero-order valence-electron chi connectivity index (χ0n) is 15.4. The number of ether oxygens (including phenoxy) is 4. The van der Waals surface area contributed by atoms with Gasteiger partial charge in [0.05, 0.1) is 27.0 Å². The van der Waals surface area contributed by atoms with Crippen molar-refractivity contribution in [1.82, 2.24) is 10.2 Å². The lowest BCUT2D eigenvalue weighted by atomic mass is 10.1. The maximum Gasteiger partial charge on any atom is 0.348 e. The summed E-state index contributed by atoms with van der Waals surface area (Å²) < 4.78 is 21.0. The van der Waals surface area contributed by atoms with Gasteiger partial charge < -0.3 is 18.9 Å². The Morgan fingerprint density at radius 2 is 1.61 bits per heavy atom. The van der Waals surface area contributed by atoms with Crippen molar-refractivity contribution >= 4 is 17.6 Å². The van der Waals surface area contributed by atoms with Crippen molar-refractivity contribution < 1.29 is 23.7 Å². The van der Waals surface area contributed by atoms with Gasteiger partial charge in [0.25, 0.3) is 0 Å². The summed E-state index contributed by atoms with van der Waals surface area (Å²) in [4.78, 5) is 12.4. The van der Waals surface area contributed by atoms with E-state index in [1.165, 1.54) is 19.2 Å². The summed E-state index contributed by atoms with van der Waals surface area (Å²) >= 11 is 5.95. The molecule has 3 rings (SSSR count). The number of aromatic nitrogens is 2. The van der Waals surface area contributed by atoms with Crippen LogP contribution in [0.3, 0.4) is 0 Å². The molecule has 0 unspecified atom stereocenters. The Morgan fingerprint density at radius 1 is 0.857 bits per heavy atom. The monoisotopic (exact) mass is 400 g/mol. The number of hydrogen-bond donors (Lipinski definition) is 0. The Bertz CT molecular complexity index is 992. The molecule has 0 aliphatic carbocycles. The lowest BCUT2D eigenvalue weighted by molar-refractivity contribution is 0.0722. The zero-order valence-corrected chi connectivity index (χ0v) is 16.2. The van der Waals surface area contributed by atoms with E-state index in [0.29, 0.717) is 33.5 Å². The lowest BCUT2D eigenvalue weighted by Gasteiger charge is -2.10. The first kappa shape index (κ1) is 19.4. The molecule has 144 valence electrons. The fourth-order valence-corrected chi connectivity index (χ4v) is 2.69. The van der Waals surface area contributed by atoms with Crippen molar-refractivity contribution in [3.05, 3.63) is 59.1 Å². The summed E-state index contributed by atoms with van der Waals surface area (Å²) in [5.41, 5.74) is 1.43. The van der Waals surface area contributed by atoms with Gasteiger partial charge in [-0.3, -0.25) is 0 Å². The first-order valence-electron chi connectivity index (χ1n) is 8.17. The predicted octanol–water partition coefficient (Wildman–Crippen LogP) is 4.04. The molecule has 0 spiro atoms. The third-order valence-corrected chi connectivity index (χ3v) is 4.14. The third kappa shape index (κ3) is 4.15. The molecule has 0 aliphatic heterocycles. The van der Waals surface area contributed by atoms with Crippen LogP contribution in [0.2, 0.25) is 5.02 Å². The van der Waals surface area contributed by atoms with Gasteiger partial charge in [-0.1, -0.05) is 11.6 Å². The van der Waals surface area contributed by atoms with E-state index in [2.05, 4.69) is 10.2 Å². The van der Waals surface area contributed by atoms with Gasteiger partial charge in [-0.05, 0) is 42.5 Å². The molecule has 0 radical (unpaired) electrons. The highest BCUT2D eigenvalue weighted by atomic mass is 35.5. The number of carbonyl (C=O) groups excluding carboxylic acids is 1. The van der Waals surface area contributed by atoms with Crippen molar-refractivity contribution in [3.8, 4) is 34.4 Å². The van der Waals surface area contributed by atoms with Crippen LogP contribution in [-0.2, 0) is 0 Å². The van der Waals surface area contributed by atoms with Gasteiger partial charge in [0.1, 0.15) is 22.8 Å². The zero-order chi connectivity index (χ0) is 20.1. The normalized spacial score (nSPS) is 10.3. The molecule has 3 aromatic rings. The number of halogens is 1. The molecule has 0 atom stereocenters. The summed E-state index contributed by atoms with van der Waals surface area (Å²) in [5.74, 6) is 1.00. The van der Waals surface area contributed by atoms with Gasteiger partial charge in [-0.15, -0.1) is 10.2 Å². The summed E-state index contributed by atoms with van der Waals surface area (Å²) in [5, 5.41) is 8.47. The van der Waals surface area contributed by atoms with Gasteiger partial charge in [0.2, 0.25) is 5.88 Å². The fourth-order valence-electron chi connectivity index (χ4n) is 2.52. The second-order valence-corrected chi connectivity index (χ2v) is 5.99. The van der Waals surface area contributed by atoms with Crippen molar-refractivity contribution in [2.75, 3.05) is 21.3 Å². The predicted molar refractivity (Wildman–Crippen MR) is 104 cm³/mol. The molecule has 7 nitrogen and oxygen atoms in total. The van der Waals surface area contributed by atoms with E-state index in [1.54, 1.807) is 50.6 Å². The second kappa shape index (κ2) is 8.58. The molecule has 28 heavy (non-hydrogen) atoms. The minimum absolute atomic E-state index is 0.0395. The second-order valence-electron chi connectivity index (χ2n) is 5.56. The van der Waals surface area contributed by atoms with Crippen molar-refractivity contribution in [2.45, 2.75) is 0 Å². The van der Waals surface area contributed by atoms with E-state index in [-0.39, 0.29) is 11.4 Å². The van der Waals surface area contributed by atoms with E-state index in [0.717, 1.165) is 0 Å². The third-order valence-electron chi connectivity index (χ3n) is 3.90. The highest BCUT2D eigenvalue weighted by Gasteiger charge is 2.17. The molecule has 0 saturated carbocycles. The van der Waals surface area contributed by atoms with Gasteiger partial charge in [-0.25, -0.2) is 4.79 Å².